The molecule has 1 fully saturated rings. The molecule has 2 aromatic rings. The highest BCUT2D eigenvalue weighted by Gasteiger charge is 2.23. The molecule has 1 aliphatic heterocycles. The van der Waals surface area contributed by atoms with Gasteiger partial charge in [-0.3, -0.25) is 9.69 Å². The van der Waals surface area contributed by atoms with E-state index in [4.69, 9.17) is 11.6 Å². The number of benzene rings is 1. The Labute approximate surface area is 192 Å². The van der Waals surface area contributed by atoms with Crippen LogP contribution in [-0.4, -0.2) is 54.6 Å². The highest BCUT2D eigenvalue weighted by Crippen LogP contribution is 2.28. The van der Waals surface area contributed by atoms with Gasteiger partial charge >= 0.3 is 0 Å². The van der Waals surface area contributed by atoms with Crippen LogP contribution in [0, 0.1) is 13.8 Å². The SMILES string of the molecule is Cc1c(Cl)cccc1N1CCN(CCCNC(=O)c2cc(C(C)(C)C)n(C)c2C)CC1. The Hall–Kier alpha value is -1.98. The van der Waals surface area contributed by atoms with E-state index >= 15 is 0 Å². The lowest BCUT2D eigenvalue weighted by molar-refractivity contribution is 0.0950. The molecular formula is C25H37ClN4O. The third-order valence-corrected chi connectivity index (χ3v) is 6.85. The molecule has 1 N–H and O–H groups in total. The fourth-order valence-corrected chi connectivity index (χ4v) is 4.57. The zero-order valence-electron chi connectivity index (χ0n) is 19.9. The van der Waals surface area contributed by atoms with E-state index in [1.165, 1.54) is 11.4 Å². The first-order valence-electron chi connectivity index (χ1n) is 11.3. The fourth-order valence-electron chi connectivity index (χ4n) is 4.40. The average Bonchev–Trinajstić information content (AvgIpc) is 3.03. The van der Waals surface area contributed by atoms with Gasteiger partial charge in [-0.15, -0.1) is 0 Å². The van der Waals surface area contributed by atoms with Crippen molar-refractivity contribution in [2.75, 3.05) is 44.2 Å². The molecule has 1 aromatic heterocycles. The van der Waals surface area contributed by atoms with Crippen molar-refractivity contribution in [2.24, 2.45) is 7.05 Å². The van der Waals surface area contributed by atoms with Crippen LogP contribution in [0.4, 0.5) is 5.69 Å². The Kier molecular flexibility index (Phi) is 7.38. The summed E-state index contributed by atoms with van der Waals surface area (Å²) in [5.74, 6) is 0.0323. The number of aromatic nitrogens is 1. The maximum atomic E-state index is 12.7. The number of halogens is 1. The molecule has 31 heavy (non-hydrogen) atoms. The molecule has 6 heteroatoms. The van der Waals surface area contributed by atoms with Gasteiger partial charge in [-0.2, -0.15) is 0 Å². The van der Waals surface area contributed by atoms with Crippen LogP contribution in [0.1, 0.15) is 54.5 Å². The van der Waals surface area contributed by atoms with Gasteiger partial charge in [-0.25, -0.2) is 0 Å². The zero-order chi connectivity index (χ0) is 22.8. The first-order chi connectivity index (χ1) is 14.6. The standard InChI is InChI=1S/C25H37ClN4O/c1-18-21(26)9-7-10-22(18)30-15-13-29(14-16-30)12-8-11-27-24(31)20-17-23(25(3,4)5)28(6)19(20)2/h7,9-10,17H,8,11-16H2,1-6H3,(H,27,31). The molecule has 0 radical (unpaired) electrons. The van der Waals surface area contributed by atoms with Crippen LogP contribution < -0.4 is 10.2 Å². The molecule has 1 aliphatic rings. The summed E-state index contributed by atoms with van der Waals surface area (Å²) in [6, 6.07) is 8.18. The molecular weight excluding hydrogens is 408 g/mol. The second kappa shape index (κ2) is 9.66. The molecule has 0 atom stereocenters. The van der Waals surface area contributed by atoms with Gasteiger partial charge in [-0.05, 0) is 50.6 Å². The van der Waals surface area contributed by atoms with E-state index in [9.17, 15) is 4.79 Å². The lowest BCUT2D eigenvalue weighted by Crippen LogP contribution is -2.47. The summed E-state index contributed by atoms with van der Waals surface area (Å²) in [5.41, 5.74) is 5.42. The third-order valence-electron chi connectivity index (χ3n) is 6.44. The first kappa shape index (κ1) is 23.7. The predicted octanol–water partition coefficient (Wildman–Crippen LogP) is 4.53. The molecule has 170 valence electrons. The average molecular weight is 445 g/mol. The number of hydrogen-bond acceptors (Lipinski definition) is 3. The smallest absolute Gasteiger partial charge is 0.253 e. The van der Waals surface area contributed by atoms with E-state index in [0.717, 1.165) is 61.0 Å². The van der Waals surface area contributed by atoms with E-state index in [-0.39, 0.29) is 11.3 Å². The Bertz CT molecular complexity index is 920. The van der Waals surface area contributed by atoms with Gasteiger partial charge in [0.15, 0.2) is 0 Å². The van der Waals surface area contributed by atoms with E-state index in [1.54, 1.807) is 0 Å². The summed E-state index contributed by atoms with van der Waals surface area (Å²) in [5, 5.41) is 3.95. The van der Waals surface area contributed by atoms with Gasteiger partial charge in [0.1, 0.15) is 0 Å². The molecule has 3 rings (SSSR count). The molecule has 0 unspecified atom stereocenters. The highest BCUT2D eigenvalue weighted by molar-refractivity contribution is 6.31. The Balaban J connectivity index is 1.44. The lowest BCUT2D eigenvalue weighted by Gasteiger charge is -2.37. The van der Waals surface area contributed by atoms with Crippen LogP contribution in [-0.2, 0) is 12.5 Å². The summed E-state index contributed by atoms with van der Waals surface area (Å²) >= 11 is 6.28. The molecule has 1 saturated heterocycles. The summed E-state index contributed by atoms with van der Waals surface area (Å²) in [6.45, 7) is 16.4. The molecule has 2 heterocycles. The number of carbonyl (C=O) groups excluding carboxylic acids is 1. The minimum absolute atomic E-state index is 0.0177. The van der Waals surface area contributed by atoms with Crippen molar-refractivity contribution in [3.8, 4) is 0 Å². The molecule has 1 amide bonds. The third kappa shape index (κ3) is 5.45. The van der Waals surface area contributed by atoms with Crippen molar-refractivity contribution >= 4 is 23.2 Å². The topological polar surface area (TPSA) is 40.5 Å². The number of carbonyl (C=O) groups is 1. The monoisotopic (exact) mass is 444 g/mol. The minimum Gasteiger partial charge on any atom is -0.369 e. The summed E-state index contributed by atoms with van der Waals surface area (Å²) < 4.78 is 2.13. The van der Waals surface area contributed by atoms with Gasteiger partial charge in [-0.1, -0.05) is 38.4 Å². The second-order valence-corrected chi connectivity index (χ2v) is 10.1. The van der Waals surface area contributed by atoms with Crippen molar-refractivity contribution in [1.82, 2.24) is 14.8 Å². The van der Waals surface area contributed by atoms with Gasteiger partial charge in [0.2, 0.25) is 0 Å². The van der Waals surface area contributed by atoms with Crippen LogP contribution in [0.15, 0.2) is 24.3 Å². The number of rotatable bonds is 6. The Morgan fingerprint density at radius 2 is 1.81 bits per heavy atom. The number of amides is 1. The van der Waals surface area contributed by atoms with Crippen molar-refractivity contribution < 1.29 is 4.79 Å². The summed E-state index contributed by atoms with van der Waals surface area (Å²) in [4.78, 5) is 17.6. The largest absolute Gasteiger partial charge is 0.369 e. The number of hydrogen-bond donors (Lipinski definition) is 1. The number of piperazine rings is 1. The van der Waals surface area contributed by atoms with Gasteiger partial charge in [0, 0.05) is 67.3 Å². The minimum atomic E-state index is 0.0177. The molecule has 0 saturated carbocycles. The van der Waals surface area contributed by atoms with E-state index < -0.39 is 0 Å². The Morgan fingerprint density at radius 1 is 1.13 bits per heavy atom. The zero-order valence-corrected chi connectivity index (χ0v) is 20.6. The molecule has 0 aliphatic carbocycles. The Morgan fingerprint density at radius 3 is 2.42 bits per heavy atom. The van der Waals surface area contributed by atoms with Crippen molar-refractivity contribution in [3.63, 3.8) is 0 Å². The summed E-state index contributed by atoms with van der Waals surface area (Å²) in [6.07, 6.45) is 0.958. The highest BCUT2D eigenvalue weighted by atomic mass is 35.5. The molecule has 0 bridgehead atoms. The number of anilines is 1. The molecule has 1 aromatic carbocycles. The number of nitrogens with one attached hydrogen (secondary N) is 1. The van der Waals surface area contributed by atoms with Crippen LogP contribution >= 0.6 is 11.6 Å². The lowest BCUT2D eigenvalue weighted by atomic mass is 9.92. The van der Waals surface area contributed by atoms with Crippen molar-refractivity contribution in [3.05, 3.63) is 51.8 Å². The maximum absolute atomic E-state index is 12.7. The van der Waals surface area contributed by atoms with Gasteiger partial charge in [0.25, 0.3) is 5.91 Å². The van der Waals surface area contributed by atoms with Crippen molar-refractivity contribution in [2.45, 2.75) is 46.5 Å². The van der Waals surface area contributed by atoms with Crippen LogP contribution in [0.3, 0.4) is 0 Å². The van der Waals surface area contributed by atoms with E-state index in [1.807, 2.05) is 32.2 Å². The summed E-state index contributed by atoms with van der Waals surface area (Å²) in [7, 11) is 2.04. The first-order valence-corrected chi connectivity index (χ1v) is 11.6. The number of nitrogens with zero attached hydrogens (tertiary/aromatic N) is 3. The van der Waals surface area contributed by atoms with E-state index in [0.29, 0.717) is 6.54 Å². The predicted molar refractivity (Wildman–Crippen MR) is 131 cm³/mol. The van der Waals surface area contributed by atoms with Crippen LogP contribution in [0.25, 0.3) is 0 Å². The van der Waals surface area contributed by atoms with Gasteiger partial charge in [0.05, 0.1) is 5.56 Å². The van der Waals surface area contributed by atoms with Crippen molar-refractivity contribution in [1.29, 1.82) is 0 Å². The quantitative estimate of drug-likeness (QED) is 0.665. The van der Waals surface area contributed by atoms with Crippen LogP contribution in [0.5, 0.6) is 0 Å². The fraction of sp³-hybridized carbons (Fsp3) is 0.560. The normalized spacial score (nSPS) is 15.4. The molecule has 0 spiro atoms. The van der Waals surface area contributed by atoms with Gasteiger partial charge < -0.3 is 14.8 Å². The van der Waals surface area contributed by atoms with Crippen LogP contribution in [0.2, 0.25) is 5.02 Å². The molecule has 5 nitrogen and oxygen atoms in total. The second-order valence-electron chi connectivity index (χ2n) is 9.66. The van der Waals surface area contributed by atoms with E-state index in [2.05, 4.69) is 53.4 Å². The maximum Gasteiger partial charge on any atom is 0.253 e.